The van der Waals surface area contributed by atoms with Gasteiger partial charge >= 0.3 is 0 Å². The summed E-state index contributed by atoms with van der Waals surface area (Å²) in [5.41, 5.74) is 4.64. The highest BCUT2D eigenvalue weighted by Gasteiger charge is 2.13. The summed E-state index contributed by atoms with van der Waals surface area (Å²) in [6.45, 7) is 0.244. The van der Waals surface area contributed by atoms with Gasteiger partial charge in [-0.15, -0.1) is 0 Å². The molecule has 0 atom stereocenters. The number of aromatic nitrogens is 4. The zero-order chi connectivity index (χ0) is 18.1. The van der Waals surface area contributed by atoms with Crippen LogP contribution in [0.15, 0.2) is 65.8 Å². The van der Waals surface area contributed by atoms with E-state index in [0.29, 0.717) is 11.7 Å². The minimum Gasteiger partial charge on any atom is -0.454 e. The van der Waals surface area contributed by atoms with Crippen LogP contribution in [0.5, 0.6) is 11.5 Å². The van der Waals surface area contributed by atoms with Crippen LogP contribution < -0.4 is 14.9 Å². The van der Waals surface area contributed by atoms with Gasteiger partial charge in [0, 0.05) is 5.39 Å². The number of hydrogen-bond acceptors (Lipinski definition) is 7. The molecule has 5 rings (SSSR count). The largest absolute Gasteiger partial charge is 0.454 e. The van der Waals surface area contributed by atoms with E-state index in [-0.39, 0.29) is 6.79 Å². The summed E-state index contributed by atoms with van der Waals surface area (Å²) >= 11 is 0. The third-order valence-electron chi connectivity index (χ3n) is 4.24. The van der Waals surface area contributed by atoms with Crippen molar-refractivity contribution in [1.29, 1.82) is 0 Å². The van der Waals surface area contributed by atoms with Crippen molar-refractivity contribution in [2.75, 3.05) is 12.2 Å². The molecule has 0 aliphatic carbocycles. The van der Waals surface area contributed by atoms with Crippen molar-refractivity contribution in [3.8, 4) is 17.2 Å². The van der Waals surface area contributed by atoms with E-state index in [0.717, 1.165) is 27.8 Å². The van der Waals surface area contributed by atoms with Gasteiger partial charge in [-0.1, -0.05) is 41.5 Å². The Hall–Kier alpha value is -3.94. The molecule has 0 unspecified atom stereocenters. The maximum atomic E-state index is 5.37. The second kappa shape index (κ2) is 6.41. The minimum atomic E-state index is 0.244. The van der Waals surface area contributed by atoms with Gasteiger partial charge in [0.2, 0.25) is 6.79 Å². The van der Waals surface area contributed by atoms with Crippen molar-refractivity contribution in [1.82, 2.24) is 20.2 Å². The van der Waals surface area contributed by atoms with Crippen molar-refractivity contribution in [2.45, 2.75) is 0 Å². The number of ether oxygens (including phenoxy) is 2. The molecule has 0 bridgehead atoms. The van der Waals surface area contributed by atoms with Gasteiger partial charge in [-0.3, -0.25) is 0 Å². The molecule has 1 aliphatic heterocycles. The first-order valence-corrected chi connectivity index (χ1v) is 8.34. The van der Waals surface area contributed by atoms with Crippen LogP contribution in [0.1, 0.15) is 5.56 Å². The molecule has 27 heavy (non-hydrogen) atoms. The molecule has 0 saturated carbocycles. The van der Waals surface area contributed by atoms with Crippen LogP contribution in [0.3, 0.4) is 0 Å². The highest BCUT2D eigenvalue weighted by molar-refractivity contribution is 5.90. The fraction of sp³-hybridized carbons (Fsp3) is 0.0526. The first kappa shape index (κ1) is 15.3. The molecule has 1 aromatic heterocycles. The molecule has 1 aliphatic rings. The smallest absolute Gasteiger partial charge is 0.268 e. The first-order chi connectivity index (χ1) is 13.4. The normalized spacial score (nSPS) is 12.7. The highest BCUT2D eigenvalue weighted by atomic mass is 16.7. The summed E-state index contributed by atoms with van der Waals surface area (Å²) in [5.74, 6) is 1.86. The van der Waals surface area contributed by atoms with Gasteiger partial charge in [-0.25, -0.2) is 5.43 Å². The quantitative estimate of drug-likeness (QED) is 0.446. The standard InChI is InChI=1S/C19H14N6O2/c1-2-6-15-14(4-1)5-3-7-16(15)25-19(22-23-24-25)21-20-11-13-8-9-17-18(10-13)27-12-26-17/h1-11H,12H2,(H,21,22,24). The molecule has 0 fully saturated rings. The lowest BCUT2D eigenvalue weighted by Crippen LogP contribution is -2.04. The lowest BCUT2D eigenvalue weighted by molar-refractivity contribution is 0.174. The van der Waals surface area contributed by atoms with E-state index in [9.17, 15) is 0 Å². The number of rotatable bonds is 4. The summed E-state index contributed by atoms with van der Waals surface area (Å²) in [4.78, 5) is 0. The fourth-order valence-electron chi connectivity index (χ4n) is 2.97. The summed E-state index contributed by atoms with van der Waals surface area (Å²) < 4.78 is 12.3. The second-order valence-corrected chi connectivity index (χ2v) is 5.90. The maximum Gasteiger partial charge on any atom is 0.268 e. The number of benzene rings is 3. The van der Waals surface area contributed by atoms with Gasteiger partial charge in [-0.2, -0.15) is 9.78 Å². The molecule has 0 radical (unpaired) electrons. The number of hydrazone groups is 1. The Morgan fingerprint density at radius 3 is 2.89 bits per heavy atom. The van der Waals surface area contributed by atoms with Crippen molar-refractivity contribution < 1.29 is 9.47 Å². The summed E-state index contributed by atoms with van der Waals surface area (Å²) in [6.07, 6.45) is 1.67. The van der Waals surface area contributed by atoms with Gasteiger partial charge < -0.3 is 9.47 Å². The van der Waals surface area contributed by atoms with Crippen LogP contribution in [0, 0.1) is 0 Å². The average Bonchev–Trinajstić information content (AvgIpc) is 3.36. The molecule has 3 aromatic carbocycles. The molecule has 132 valence electrons. The van der Waals surface area contributed by atoms with Crippen LogP contribution in [0.4, 0.5) is 5.95 Å². The van der Waals surface area contributed by atoms with E-state index >= 15 is 0 Å². The zero-order valence-corrected chi connectivity index (χ0v) is 14.1. The number of hydrogen-bond donors (Lipinski definition) is 1. The first-order valence-electron chi connectivity index (χ1n) is 8.34. The summed E-state index contributed by atoms with van der Waals surface area (Å²) in [5, 5.41) is 18.3. The predicted molar refractivity (Wildman–Crippen MR) is 100 cm³/mol. The van der Waals surface area contributed by atoms with Gasteiger partial charge in [0.05, 0.1) is 11.9 Å². The van der Waals surface area contributed by atoms with Crippen molar-refractivity contribution in [3.63, 3.8) is 0 Å². The van der Waals surface area contributed by atoms with Gasteiger partial charge in [0.15, 0.2) is 11.5 Å². The Balaban J connectivity index is 1.42. The maximum absolute atomic E-state index is 5.37. The van der Waals surface area contributed by atoms with Crippen LogP contribution >= 0.6 is 0 Å². The lowest BCUT2D eigenvalue weighted by atomic mass is 10.1. The zero-order valence-electron chi connectivity index (χ0n) is 14.1. The van der Waals surface area contributed by atoms with Crippen molar-refractivity contribution in [3.05, 3.63) is 66.2 Å². The van der Waals surface area contributed by atoms with Gasteiger partial charge in [-0.05, 0) is 45.6 Å². The van der Waals surface area contributed by atoms with Crippen LogP contribution in [0.25, 0.3) is 16.5 Å². The van der Waals surface area contributed by atoms with E-state index in [2.05, 4.69) is 26.1 Å². The molecule has 8 heteroatoms. The molecule has 8 nitrogen and oxygen atoms in total. The Bertz CT molecular complexity index is 1150. The van der Waals surface area contributed by atoms with Crippen LogP contribution in [-0.2, 0) is 0 Å². The van der Waals surface area contributed by atoms with Crippen molar-refractivity contribution >= 4 is 22.9 Å². The minimum absolute atomic E-state index is 0.244. The molecule has 0 amide bonds. The topological polar surface area (TPSA) is 86.5 Å². The number of fused-ring (bicyclic) bond motifs is 2. The monoisotopic (exact) mass is 358 g/mol. The summed E-state index contributed by atoms with van der Waals surface area (Å²) in [6, 6.07) is 19.7. The van der Waals surface area contributed by atoms with Crippen LogP contribution in [-0.4, -0.2) is 33.2 Å². The van der Waals surface area contributed by atoms with E-state index in [1.54, 1.807) is 10.9 Å². The number of anilines is 1. The number of tetrazole rings is 1. The third-order valence-corrected chi connectivity index (χ3v) is 4.24. The number of nitrogens with zero attached hydrogens (tertiary/aromatic N) is 5. The molecule has 4 aromatic rings. The average molecular weight is 358 g/mol. The fourth-order valence-corrected chi connectivity index (χ4v) is 2.97. The van der Waals surface area contributed by atoms with Crippen LogP contribution in [0.2, 0.25) is 0 Å². The Morgan fingerprint density at radius 1 is 1.00 bits per heavy atom. The SMILES string of the molecule is C(=NNc1nnnn1-c1cccc2ccccc12)c1ccc2c(c1)OCO2. The van der Waals surface area contributed by atoms with E-state index in [1.165, 1.54) is 0 Å². The van der Waals surface area contributed by atoms with E-state index < -0.39 is 0 Å². The number of nitrogens with one attached hydrogen (secondary N) is 1. The van der Waals surface area contributed by atoms with E-state index in [1.807, 2.05) is 60.7 Å². The molecule has 2 heterocycles. The molecule has 1 N–H and O–H groups in total. The Kier molecular flexibility index (Phi) is 3.64. The molecule has 0 saturated heterocycles. The third kappa shape index (κ3) is 2.82. The predicted octanol–water partition coefficient (Wildman–Crippen LogP) is 2.99. The lowest BCUT2D eigenvalue weighted by Gasteiger charge is -2.07. The highest BCUT2D eigenvalue weighted by Crippen LogP contribution is 2.32. The van der Waals surface area contributed by atoms with Gasteiger partial charge in [0.1, 0.15) is 0 Å². The Morgan fingerprint density at radius 2 is 1.89 bits per heavy atom. The van der Waals surface area contributed by atoms with E-state index in [4.69, 9.17) is 9.47 Å². The molecular weight excluding hydrogens is 344 g/mol. The molecule has 0 spiro atoms. The summed E-state index contributed by atoms with van der Waals surface area (Å²) in [7, 11) is 0. The molecular formula is C19H14N6O2. The van der Waals surface area contributed by atoms with Gasteiger partial charge in [0.25, 0.3) is 5.95 Å². The second-order valence-electron chi connectivity index (χ2n) is 5.90. The Labute approximate surface area is 154 Å². The van der Waals surface area contributed by atoms with Crippen molar-refractivity contribution in [2.24, 2.45) is 5.10 Å².